The van der Waals surface area contributed by atoms with Crippen molar-refractivity contribution < 1.29 is 42.3 Å². The zero-order chi connectivity index (χ0) is 21.9. The van der Waals surface area contributed by atoms with Gasteiger partial charge in [-0.05, 0) is 35.9 Å². The molecule has 0 aliphatic heterocycles. The van der Waals surface area contributed by atoms with Gasteiger partial charge in [0, 0.05) is 11.1 Å². The van der Waals surface area contributed by atoms with E-state index in [0.29, 0.717) is 39.7 Å². The summed E-state index contributed by atoms with van der Waals surface area (Å²) >= 11 is 0. The van der Waals surface area contributed by atoms with Crippen molar-refractivity contribution in [2.75, 3.05) is 28.4 Å². The van der Waals surface area contributed by atoms with Gasteiger partial charge in [0.25, 0.3) is 0 Å². The number of rotatable bonds is 8. The van der Waals surface area contributed by atoms with E-state index in [2.05, 4.69) is 9.68 Å². The van der Waals surface area contributed by atoms with Crippen molar-refractivity contribution in [1.82, 2.24) is 5.16 Å². The van der Waals surface area contributed by atoms with E-state index < -0.39 is 7.82 Å². The highest BCUT2D eigenvalue weighted by atomic mass is 31.2. The van der Waals surface area contributed by atoms with E-state index in [-0.39, 0.29) is 11.5 Å². The minimum absolute atomic E-state index is 0.0690. The van der Waals surface area contributed by atoms with Crippen LogP contribution in [0.3, 0.4) is 0 Å². The topological polar surface area (TPSA) is 135 Å². The van der Waals surface area contributed by atoms with E-state index >= 15 is 0 Å². The van der Waals surface area contributed by atoms with Gasteiger partial charge in [-0.1, -0.05) is 5.16 Å². The number of aromatic nitrogens is 1. The molecule has 0 aliphatic carbocycles. The summed E-state index contributed by atoms with van der Waals surface area (Å²) in [6, 6.07) is 7.78. The van der Waals surface area contributed by atoms with E-state index in [4.69, 9.17) is 23.5 Å². The molecule has 2 aromatic carbocycles. The maximum absolute atomic E-state index is 11.1. The van der Waals surface area contributed by atoms with Crippen LogP contribution in [0, 0.1) is 0 Å². The summed E-state index contributed by atoms with van der Waals surface area (Å²) in [5.74, 6) is 1.37. The van der Waals surface area contributed by atoms with Crippen molar-refractivity contribution in [2.45, 2.75) is 0 Å². The molecule has 0 spiro atoms. The van der Waals surface area contributed by atoms with Crippen LogP contribution in [0.1, 0.15) is 0 Å². The van der Waals surface area contributed by atoms with Crippen LogP contribution >= 0.6 is 7.82 Å². The second-order valence-electron chi connectivity index (χ2n) is 5.89. The van der Waals surface area contributed by atoms with Crippen molar-refractivity contribution in [3.8, 4) is 51.2 Å². The van der Waals surface area contributed by atoms with Crippen LogP contribution in [0.2, 0.25) is 0 Å². The second kappa shape index (κ2) is 8.66. The number of ether oxygens (including phenoxy) is 4. The minimum Gasteiger partial charge on any atom is -0.780 e. The number of phosphoric acid groups is 1. The quantitative estimate of drug-likeness (QED) is 0.485. The smallest absolute Gasteiger partial charge is 0.203 e. The van der Waals surface area contributed by atoms with Gasteiger partial charge >= 0.3 is 0 Å². The zero-order valence-corrected chi connectivity index (χ0v) is 17.4. The van der Waals surface area contributed by atoms with Gasteiger partial charge in [-0.2, -0.15) is 0 Å². The van der Waals surface area contributed by atoms with Crippen molar-refractivity contribution in [1.29, 1.82) is 0 Å². The molecule has 0 fully saturated rings. The van der Waals surface area contributed by atoms with E-state index in [1.54, 1.807) is 18.2 Å². The summed E-state index contributed by atoms with van der Waals surface area (Å²) in [6.45, 7) is 0. The molecule has 3 aromatic rings. The molecule has 0 bridgehead atoms. The summed E-state index contributed by atoms with van der Waals surface area (Å²) in [6.07, 6.45) is 1.48. The van der Waals surface area contributed by atoms with E-state index in [9.17, 15) is 14.4 Å². The summed E-state index contributed by atoms with van der Waals surface area (Å²) < 4.78 is 42.1. The standard InChI is InChI=1S/C19H20NO9P/c1-24-14-6-5-11(7-15(14)29-30(21,22)23)18-13(10-20-28-18)12-8-16(25-2)19(27-4)17(9-12)26-3/h5-10H,1-4H3,(H2,21,22,23)/p-2. The predicted octanol–water partition coefficient (Wildman–Crippen LogP) is 2.25. The molecule has 160 valence electrons. The fourth-order valence-electron chi connectivity index (χ4n) is 2.90. The Morgan fingerprint density at radius 2 is 1.43 bits per heavy atom. The highest BCUT2D eigenvalue weighted by Gasteiger charge is 2.20. The molecule has 0 amide bonds. The molecular formula is C19H18NO9P-2. The third-order valence-electron chi connectivity index (χ3n) is 4.18. The van der Waals surface area contributed by atoms with Crippen molar-refractivity contribution >= 4 is 7.82 Å². The Labute approximate surface area is 172 Å². The molecule has 0 saturated heterocycles. The maximum atomic E-state index is 11.1. The molecule has 0 aliphatic rings. The molecule has 11 heteroatoms. The van der Waals surface area contributed by atoms with Gasteiger partial charge in [0.15, 0.2) is 28.8 Å². The Balaban J connectivity index is 2.13. The van der Waals surface area contributed by atoms with Crippen LogP contribution in [-0.2, 0) is 4.57 Å². The van der Waals surface area contributed by atoms with Gasteiger partial charge in [0.1, 0.15) is 7.82 Å². The number of hydrogen-bond acceptors (Lipinski definition) is 10. The first-order valence-corrected chi connectivity index (χ1v) is 9.92. The Morgan fingerprint density at radius 1 is 0.833 bits per heavy atom. The Kier molecular flexibility index (Phi) is 6.21. The molecule has 10 nitrogen and oxygen atoms in total. The lowest BCUT2D eigenvalue weighted by atomic mass is 10.0. The van der Waals surface area contributed by atoms with Crippen molar-refractivity contribution in [3.05, 3.63) is 36.5 Å². The normalized spacial score (nSPS) is 11.1. The number of methoxy groups -OCH3 is 4. The molecule has 0 radical (unpaired) electrons. The van der Waals surface area contributed by atoms with Crippen LogP contribution in [0.15, 0.2) is 41.1 Å². The van der Waals surface area contributed by atoms with Crippen molar-refractivity contribution in [2.24, 2.45) is 0 Å². The Hall–Kier alpha value is -3.20. The van der Waals surface area contributed by atoms with Gasteiger partial charge in [-0.15, -0.1) is 0 Å². The zero-order valence-electron chi connectivity index (χ0n) is 16.5. The largest absolute Gasteiger partial charge is 0.780 e. The predicted molar refractivity (Wildman–Crippen MR) is 102 cm³/mol. The summed E-state index contributed by atoms with van der Waals surface area (Å²) in [5, 5.41) is 3.84. The molecule has 0 unspecified atom stereocenters. The first-order chi connectivity index (χ1) is 14.3. The highest BCUT2D eigenvalue weighted by molar-refractivity contribution is 7.43. The lowest BCUT2D eigenvalue weighted by Gasteiger charge is -2.29. The molecule has 0 atom stereocenters. The fourth-order valence-corrected chi connectivity index (χ4v) is 3.28. The van der Waals surface area contributed by atoms with Gasteiger partial charge < -0.3 is 42.3 Å². The molecule has 30 heavy (non-hydrogen) atoms. The Bertz CT molecular complexity index is 1060. The molecule has 3 rings (SSSR count). The minimum atomic E-state index is -5.30. The van der Waals surface area contributed by atoms with Gasteiger partial charge in [0.2, 0.25) is 5.75 Å². The van der Waals surface area contributed by atoms with Crippen LogP contribution in [0.4, 0.5) is 0 Å². The highest BCUT2D eigenvalue weighted by Crippen LogP contribution is 2.45. The molecule has 1 aromatic heterocycles. The first kappa shape index (κ1) is 21.5. The number of nitrogens with zero attached hydrogens (tertiary/aromatic N) is 1. The third kappa shape index (κ3) is 4.35. The average molecular weight is 435 g/mol. The Morgan fingerprint density at radius 3 is 1.97 bits per heavy atom. The fraction of sp³-hybridized carbons (Fsp3) is 0.211. The van der Waals surface area contributed by atoms with E-state index in [1.165, 1.54) is 46.8 Å². The monoisotopic (exact) mass is 435 g/mol. The van der Waals surface area contributed by atoms with E-state index in [0.717, 1.165) is 0 Å². The summed E-state index contributed by atoms with van der Waals surface area (Å²) in [5.41, 5.74) is 1.59. The average Bonchev–Trinajstić information content (AvgIpc) is 3.21. The van der Waals surface area contributed by atoms with Gasteiger partial charge in [0.05, 0.1) is 34.6 Å². The molecular weight excluding hydrogens is 417 g/mol. The van der Waals surface area contributed by atoms with Crippen LogP contribution in [0.5, 0.6) is 28.7 Å². The second-order valence-corrected chi connectivity index (χ2v) is 6.96. The van der Waals surface area contributed by atoms with Crippen LogP contribution < -0.4 is 33.3 Å². The summed E-state index contributed by atoms with van der Waals surface area (Å²) in [7, 11) is 0.500. The number of benzene rings is 2. The number of phosphoric ester groups is 1. The third-order valence-corrected chi connectivity index (χ3v) is 4.60. The lowest BCUT2D eigenvalue weighted by Crippen LogP contribution is -2.18. The first-order valence-electron chi connectivity index (χ1n) is 8.46. The van der Waals surface area contributed by atoms with Crippen LogP contribution in [0.25, 0.3) is 22.5 Å². The maximum Gasteiger partial charge on any atom is 0.203 e. The van der Waals surface area contributed by atoms with E-state index in [1.807, 2.05) is 0 Å². The summed E-state index contributed by atoms with van der Waals surface area (Å²) in [4.78, 5) is 22.2. The molecule has 0 saturated carbocycles. The van der Waals surface area contributed by atoms with Crippen molar-refractivity contribution in [3.63, 3.8) is 0 Å². The molecule has 0 N–H and O–H groups in total. The van der Waals surface area contributed by atoms with Gasteiger partial charge in [-0.3, -0.25) is 0 Å². The number of hydrogen-bond donors (Lipinski definition) is 0. The molecule has 1 heterocycles. The van der Waals surface area contributed by atoms with Gasteiger partial charge in [-0.25, -0.2) is 0 Å². The SMILES string of the molecule is COc1ccc(-c2oncc2-c2cc(OC)c(OC)c(OC)c2)cc1OP(=O)([O-])[O-]. The lowest BCUT2D eigenvalue weighted by molar-refractivity contribution is -0.333. The van der Waals surface area contributed by atoms with Crippen LogP contribution in [-0.4, -0.2) is 33.6 Å².